The molecule has 0 bridgehead atoms. The van der Waals surface area contributed by atoms with Crippen LogP contribution in [0.5, 0.6) is 0 Å². The maximum atomic E-state index is 10.9. The number of nitrogens with zero attached hydrogens (tertiary/aromatic N) is 1. The molecule has 3 heteroatoms. The second-order valence-electron chi connectivity index (χ2n) is 3.41. The molecule has 0 saturated heterocycles. The van der Waals surface area contributed by atoms with Crippen molar-refractivity contribution in [3.63, 3.8) is 0 Å². The number of carboxylic acid groups (broad SMARTS) is 1. The lowest BCUT2D eigenvalue weighted by atomic mass is 9.99. The molecule has 13 heavy (non-hydrogen) atoms. The molecule has 68 valence electrons. The first-order valence-electron chi connectivity index (χ1n) is 4.43. The fraction of sp³-hybridized carbons (Fsp3) is 0.400. The highest BCUT2D eigenvalue weighted by Gasteiger charge is 2.37. The fourth-order valence-corrected chi connectivity index (χ4v) is 1.56. The molecule has 1 unspecified atom stereocenters. The Bertz CT molecular complexity index is 306. The van der Waals surface area contributed by atoms with Gasteiger partial charge in [-0.3, -0.25) is 9.78 Å². The highest BCUT2D eigenvalue weighted by atomic mass is 16.4. The summed E-state index contributed by atoms with van der Waals surface area (Å²) in [6.45, 7) is 0. The molecule has 1 atom stereocenters. The first-order chi connectivity index (χ1) is 6.29. The summed E-state index contributed by atoms with van der Waals surface area (Å²) in [5, 5.41) is 9.00. The Morgan fingerprint density at radius 3 is 2.77 bits per heavy atom. The predicted octanol–water partition coefficient (Wildman–Crippen LogP) is 1.66. The topological polar surface area (TPSA) is 50.2 Å². The number of hydrogen-bond acceptors (Lipinski definition) is 2. The quantitative estimate of drug-likeness (QED) is 0.763. The van der Waals surface area contributed by atoms with E-state index in [9.17, 15) is 4.79 Å². The summed E-state index contributed by atoms with van der Waals surface area (Å²) in [5.74, 6) is -0.824. The molecule has 1 aliphatic rings. The zero-order valence-electron chi connectivity index (χ0n) is 7.18. The van der Waals surface area contributed by atoms with Gasteiger partial charge in [-0.2, -0.15) is 0 Å². The smallest absolute Gasteiger partial charge is 0.312 e. The van der Waals surface area contributed by atoms with Gasteiger partial charge < -0.3 is 5.11 Å². The van der Waals surface area contributed by atoms with Crippen molar-refractivity contribution in [3.05, 3.63) is 30.1 Å². The molecule has 1 aromatic rings. The molecule has 1 aliphatic carbocycles. The highest BCUT2D eigenvalue weighted by Crippen LogP contribution is 2.41. The number of carbonyl (C=O) groups is 1. The molecular formula is C10H11NO2. The summed E-state index contributed by atoms with van der Waals surface area (Å²) in [7, 11) is 0. The average Bonchev–Trinajstić information content (AvgIpc) is 2.90. The van der Waals surface area contributed by atoms with E-state index in [1.807, 2.05) is 6.07 Å². The highest BCUT2D eigenvalue weighted by molar-refractivity contribution is 5.76. The van der Waals surface area contributed by atoms with Crippen LogP contribution in [0.25, 0.3) is 0 Å². The van der Waals surface area contributed by atoms with Crippen molar-refractivity contribution in [1.29, 1.82) is 0 Å². The summed E-state index contributed by atoms with van der Waals surface area (Å²) < 4.78 is 0. The van der Waals surface area contributed by atoms with Gasteiger partial charge in [0.15, 0.2) is 0 Å². The SMILES string of the molecule is O=C(O)C(c1ccccn1)C1CC1. The van der Waals surface area contributed by atoms with Crippen LogP contribution >= 0.6 is 0 Å². The number of carboxylic acids is 1. The van der Waals surface area contributed by atoms with Crippen LogP contribution in [0, 0.1) is 5.92 Å². The molecule has 1 saturated carbocycles. The molecule has 0 spiro atoms. The molecule has 3 nitrogen and oxygen atoms in total. The van der Waals surface area contributed by atoms with E-state index < -0.39 is 5.97 Å². The van der Waals surface area contributed by atoms with Crippen molar-refractivity contribution in [1.82, 2.24) is 4.98 Å². The lowest BCUT2D eigenvalue weighted by molar-refractivity contribution is -0.139. The van der Waals surface area contributed by atoms with Crippen molar-refractivity contribution < 1.29 is 9.90 Å². The fourth-order valence-electron chi connectivity index (χ4n) is 1.56. The second kappa shape index (κ2) is 3.17. The van der Waals surface area contributed by atoms with Gasteiger partial charge in [-0.05, 0) is 30.9 Å². The standard InChI is InChI=1S/C10H11NO2/c12-10(13)9(7-4-5-7)8-3-1-2-6-11-8/h1-3,6-7,9H,4-5H2,(H,12,13). The van der Waals surface area contributed by atoms with Gasteiger partial charge in [0.1, 0.15) is 5.92 Å². The van der Waals surface area contributed by atoms with Crippen LogP contribution < -0.4 is 0 Å². The average molecular weight is 177 g/mol. The molecule has 0 amide bonds. The van der Waals surface area contributed by atoms with Gasteiger partial charge in [-0.15, -0.1) is 0 Å². The van der Waals surface area contributed by atoms with E-state index in [-0.39, 0.29) is 5.92 Å². The lowest BCUT2D eigenvalue weighted by Crippen LogP contribution is -2.14. The van der Waals surface area contributed by atoms with E-state index in [1.165, 1.54) is 0 Å². The van der Waals surface area contributed by atoms with Crippen LogP contribution in [-0.2, 0) is 4.79 Å². The summed E-state index contributed by atoms with van der Waals surface area (Å²) in [6.07, 6.45) is 3.69. The predicted molar refractivity (Wildman–Crippen MR) is 47.3 cm³/mol. The number of pyridine rings is 1. The van der Waals surface area contributed by atoms with Gasteiger partial charge in [0.05, 0.1) is 5.69 Å². The summed E-state index contributed by atoms with van der Waals surface area (Å²) in [5.41, 5.74) is 0.692. The Hall–Kier alpha value is -1.38. The van der Waals surface area contributed by atoms with E-state index in [0.717, 1.165) is 12.8 Å². The molecule has 0 aromatic carbocycles. The van der Waals surface area contributed by atoms with Gasteiger partial charge in [-0.1, -0.05) is 6.07 Å². The minimum absolute atomic E-state index is 0.312. The van der Waals surface area contributed by atoms with E-state index in [1.54, 1.807) is 18.3 Å². The zero-order chi connectivity index (χ0) is 9.26. The minimum atomic E-state index is -0.749. The third-order valence-electron chi connectivity index (χ3n) is 2.37. The van der Waals surface area contributed by atoms with Gasteiger partial charge in [0.25, 0.3) is 0 Å². The second-order valence-corrected chi connectivity index (χ2v) is 3.41. The molecule has 1 aromatic heterocycles. The molecule has 0 radical (unpaired) electrons. The Morgan fingerprint density at radius 2 is 2.31 bits per heavy atom. The Labute approximate surface area is 76.4 Å². The van der Waals surface area contributed by atoms with E-state index >= 15 is 0 Å². The van der Waals surface area contributed by atoms with Crippen LogP contribution in [0.15, 0.2) is 24.4 Å². The third-order valence-corrected chi connectivity index (χ3v) is 2.37. The largest absolute Gasteiger partial charge is 0.481 e. The number of aliphatic carboxylic acids is 1. The van der Waals surface area contributed by atoms with Crippen molar-refractivity contribution in [2.75, 3.05) is 0 Å². The van der Waals surface area contributed by atoms with Crippen molar-refractivity contribution in [2.45, 2.75) is 18.8 Å². The van der Waals surface area contributed by atoms with E-state index in [2.05, 4.69) is 4.98 Å². The third kappa shape index (κ3) is 1.69. The molecule has 1 N–H and O–H groups in total. The van der Waals surface area contributed by atoms with Crippen LogP contribution in [-0.4, -0.2) is 16.1 Å². The van der Waals surface area contributed by atoms with E-state index in [0.29, 0.717) is 11.6 Å². The van der Waals surface area contributed by atoms with Crippen LogP contribution in [0.4, 0.5) is 0 Å². The maximum absolute atomic E-state index is 10.9. The number of rotatable bonds is 3. The molecule has 1 fully saturated rings. The Morgan fingerprint density at radius 1 is 1.54 bits per heavy atom. The minimum Gasteiger partial charge on any atom is -0.481 e. The molecule has 1 heterocycles. The number of aromatic nitrogens is 1. The van der Waals surface area contributed by atoms with Crippen molar-refractivity contribution >= 4 is 5.97 Å². The van der Waals surface area contributed by atoms with Crippen molar-refractivity contribution in [2.24, 2.45) is 5.92 Å². The maximum Gasteiger partial charge on any atom is 0.312 e. The van der Waals surface area contributed by atoms with Gasteiger partial charge >= 0.3 is 5.97 Å². The lowest BCUT2D eigenvalue weighted by Gasteiger charge is -2.09. The summed E-state index contributed by atoms with van der Waals surface area (Å²) >= 11 is 0. The Balaban J connectivity index is 2.25. The monoisotopic (exact) mass is 177 g/mol. The molecular weight excluding hydrogens is 166 g/mol. The molecule has 2 rings (SSSR count). The van der Waals surface area contributed by atoms with E-state index in [4.69, 9.17) is 5.11 Å². The van der Waals surface area contributed by atoms with Crippen molar-refractivity contribution in [3.8, 4) is 0 Å². The first-order valence-corrected chi connectivity index (χ1v) is 4.43. The van der Waals surface area contributed by atoms with Gasteiger partial charge in [0, 0.05) is 6.20 Å². The zero-order valence-corrected chi connectivity index (χ0v) is 7.18. The van der Waals surface area contributed by atoms with Gasteiger partial charge in [0.2, 0.25) is 0 Å². The van der Waals surface area contributed by atoms with Crippen LogP contribution in [0.2, 0.25) is 0 Å². The van der Waals surface area contributed by atoms with Crippen LogP contribution in [0.3, 0.4) is 0 Å². The number of hydrogen-bond donors (Lipinski definition) is 1. The first kappa shape index (κ1) is 8.23. The van der Waals surface area contributed by atoms with Gasteiger partial charge in [-0.25, -0.2) is 0 Å². The summed E-state index contributed by atoms with van der Waals surface area (Å²) in [4.78, 5) is 15.0. The molecule has 0 aliphatic heterocycles. The normalized spacial score (nSPS) is 18.2. The van der Waals surface area contributed by atoms with Crippen LogP contribution in [0.1, 0.15) is 24.5 Å². The Kier molecular flexibility index (Phi) is 2.00. The summed E-state index contributed by atoms with van der Waals surface area (Å²) in [6, 6.07) is 5.42.